The van der Waals surface area contributed by atoms with E-state index in [1.807, 2.05) is 27.7 Å². The lowest BCUT2D eigenvalue weighted by atomic mass is 10.0. The first-order valence-corrected chi connectivity index (χ1v) is 9.66. The molecule has 1 unspecified atom stereocenters. The van der Waals surface area contributed by atoms with Crippen LogP contribution in [-0.2, 0) is 14.3 Å². The topological polar surface area (TPSA) is 73.9 Å². The summed E-state index contributed by atoms with van der Waals surface area (Å²) in [4.78, 5) is 25.0. The molecule has 6 heteroatoms. The Morgan fingerprint density at radius 1 is 1.19 bits per heavy atom. The molecule has 0 saturated carbocycles. The van der Waals surface area contributed by atoms with E-state index in [0.29, 0.717) is 42.6 Å². The summed E-state index contributed by atoms with van der Waals surface area (Å²) < 4.78 is 16.6. The lowest BCUT2D eigenvalue weighted by molar-refractivity contribution is -0.139. The third-order valence-corrected chi connectivity index (χ3v) is 4.08. The van der Waals surface area contributed by atoms with Crippen LogP contribution >= 0.6 is 0 Å². The first-order valence-electron chi connectivity index (χ1n) is 9.66. The van der Waals surface area contributed by atoms with E-state index in [-0.39, 0.29) is 12.5 Å². The highest BCUT2D eigenvalue weighted by Crippen LogP contribution is 2.26. The summed E-state index contributed by atoms with van der Waals surface area (Å²) in [5.74, 6) is 0.0398. The molecule has 0 aliphatic carbocycles. The molecule has 0 spiro atoms. The lowest BCUT2D eigenvalue weighted by Crippen LogP contribution is -2.42. The second-order valence-electron chi connectivity index (χ2n) is 7.02. The molecule has 6 nitrogen and oxygen atoms in total. The Morgan fingerprint density at radius 3 is 2.44 bits per heavy atom. The number of carbonyl (C=O) groups excluding carboxylic acids is 2. The van der Waals surface area contributed by atoms with Crippen LogP contribution in [0.25, 0.3) is 0 Å². The molecule has 0 bridgehead atoms. The van der Waals surface area contributed by atoms with Gasteiger partial charge < -0.3 is 19.5 Å². The number of anilines is 1. The van der Waals surface area contributed by atoms with Gasteiger partial charge in [0.1, 0.15) is 16.9 Å². The molecule has 0 aliphatic heterocycles. The molecule has 1 aromatic carbocycles. The zero-order chi connectivity index (χ0) is 20.4. The summed E-state index contributed by atoms with van der Waals surface area (Å²) in [6.07, 6.45) is 1.37. The minimum absolute atomic E-state index is 0.246. The zero-order valence-electron chi connectivity index (χ0n) is 17.4. The Hall–Kier alpha value is -2.08. The third kappa shape index (κ3) is 6.86. The van der Waals surface area contributed by atoms with Crippen LogP contribution in [0.1, 0.15) is 64.7 Å². The van der Waals surface area contributed by atoms with E-state index in [0.717, 1.165) is 6.42 Å². The van der Waals surface area contributed by atoms with Crippen molar-refractivity contribution >= 4 is 17.6 Å². The van der Waals surface area contributed by atoms with Crippen LogP contribution in [-0.4, -0.2) is 37.3 Å². The van der Waals surface area contributed by atoms with Crippen molar-refractivity contribution in [3.63, 3.8) is 0 Å². The smallest absolute Gasteiger partial charge is 0.341 e. The van der Waals surface area contributed by atoms with Crippen molar-refractivity contribution < 1.29 is 23.8 Å². The summed E-state index contributed by atoms with van der Waals surface area (Å²) >= 11 is 0. The van der Waals surface area contributed by atoms with Gasteiger partial charge in [0.05, 0.1) is 13.2 Å². The Morgan fingerprint density at radius 2 is 1.89 bits per heavy atom. The summed E-state index contributed by atoms with van der Waals surface area (Å²) in [5.41, 5.74) is -0.130. The summed E-state index contributed by atoms with van der Waals surface area (Å²) in [6.45, 7) is 12.7. The van der Waals surface area contributed by atoms with Gasteiger partial charge in [-0.05, 0) is 50.8 Å². The highest BCUT2D eigenvalue weighted by atomic mass is 16.5. The largest absolute Gasteiger partial charge is 0.492 e. The zero-order valence-corrected chi connectivity index (χ0v) is 17.4. The van der Waals surface area contributed by atoms with Crippen LogP contribution in [0.5, 0.6) is 5.75 Å². The summed E-state index contributed by atoms with van der Waals surface area (Å²) in [5, 5.41) is 2.84. The molecule has 1 amide bonds. The molecule has 1 rings (SSSR count). The fraction of sp³-hybridized carbons (Fsp3) is 0.619. The van der Waals surface area contributed by atoms with Gasteiger partial charge in [0.15, 0.2) is 0 Å². The van der Waals surface area contributed by atoms with Gasteiger partial charge in [-0.25, -0.2) is 4.79 Å². The SMILES string of the molecule is CCCOC(C)(CC)C(=O)Nc1ccc(OCC(C)C)c(C(=O)OCC)c1. The van der Waals surface area contributed by atoms with Crippen molar-refractivity contribution in [3.05, 3.63) is 23.8 Å². The fourth-order valence-corrected chi connectivity index (χ4v) is 2.28. The number of benzene rings is 1. The monoisotopic (exact) mass is 379 g/mol. The first-order chi connectivity index (χ1) is 12.8. The molecule has 0 aliphatic rings. The van der Waals surface area contributed by atoms with E-state index in [4.69, 9.17) is 14.2 Å². The quantitative estimate of drug-likeness (QED) is 0.576. The summed E-state index contributed by atoms with van der Waals surface area (Å²) in [7, 11) is 0. The van der Waals surface area contributed by atoms with Crippen LogP contribution in [0.15, 0.2) is 18.2 Å². The molecular weight excluding hydrogens is 346 g/mol. The van der Waals surface area contributed by atoms with E-state index >= 15 is 0 Å². The number of ether oxygens (including phenoxy) is 3. The Balaban J connectivity index is 3.05. The highest BCUT2D eigenvalue weighted by Gasteiger charge is 2.32. The Bertz CT molecular complexity index is 629. The Kier molecular flexibility index (Phi) is 9.29. The van der Waals surface area contributed by atoms with E-state index in [1.165, 1.54) is 0 Å². The van der Waals surface area contributed by atoms with Crippen molar-refractivity contribution in [2.45, 2.75) is 60.0 Å². The highest BCUT2D eigenvalue weighted by molar-refractivity contribution is 5.99. The number of carbonyl (C=O) groups is 2. The standard InChI is InChI=1S/C21H33NO5/c1-7-12-27-21(6,8-2)20(24)22-16-10-11-18(26-14-15(4)5)17(13-16)19(23)25-9-3/h10-11,13,15H,7-9,12,14H2,1-6H3,(H,22,24). The summed E-state index contributed by atoms with van der Waals surface area (Å²) in [6, 6.07) is 4.98. The number of hydrogen-bond acceptors (Lipinski definition) is 5. The van der Waals surface area contributed by atoms with Crippen molar-refractivity contribution in [1.29, 1.82) is 0 Å². The molecule has 0 saturated heterocycles. The van der Waals surface area contributed by atoms with Gasteiger partial charge >= 0.3 is 5.97 Å². The van der Waals surface area contributed by atoms with Gasteiger partial charge in [-0.3, -0.25) is 4.79 Å². The minimum Gasteiger partial charge on any atom is -0.492 e. The number of rotatable bonds is 11. The number of amides is 1. The number of hydrogen-bond donors (Lipinski definition) is 1. The molecule has 1 atom stereocenters. The van der Waals surface area contributed by atoms with Crippen LogP contribution in [0.3, 0.4) is 0 Å². The van der Waals surface area contributed by atoms with Gasteiger partial charge in [-0.1, -0.05) is 27.7 Å². The molecular formula is C21H33NO5. The van der Waals surface area contributed by atoms with Crippen molar-refractivity contribution in [3.8, 4) is 5.75 Å². The van der Waals surface area contributed by atoms with E-state index in [2.05, 4.69) is 5.32 Å². The molecule has 0 radical (unpaired) electrons. The molecule has 0 aromatic heterocycles. The number of esters is 1. The third-order valence-electron chi connectivity index (χ3n) is 4.08. The van der Waals surface area contributed by atoms with Gasteiger partial charge in [0.25, 0.3) is 5.91 Å². The van der Waals surface area contributed by atoms with Crippen LogP contribution in [0.4, 0.5) is 5.69 Å². The molecule has 1 N–H and O–H groups in total. The fourth-order valence-electron chi connectivity index (χ4n) is 2.28. The van der Waals surface area contributed by atoms with Crippen molar-refractivity contribution in [2.24, 2.45) is 5.92 Å². The Labute approximate surface area is 162 Å². The predicted octanol–water partition coefficient (Wildman–Crippen LogP) is 4.43. The molecule has 27 heavy (non-hydrogen) atoms. The predicted molar refractivity (Wildman–Crippen MR) is 106 cm³/mol. The maximum absolute atomic E-state index is 12.7. The molecule has 1 aromatic rings. The normalized spacial score (nSPS) is 13.1. The average molecular weight is 379 g/mol. The second kappa shape index (κ2) is 10.9. The van der Waals surface area contributed by atoms with Crippen molar-refractivity contribution in [2.75, 3.05) is 25.1 Å². The van der Waals surface area contributed by atoms with E-state index in [9.17, 15) is 9.59 Å². The second-order valence-corrected chi connectivity index (χ2v) is 7.02. The maximum atomic E-state index is 12.7. The van der Waals surface area contributed by atoms with Gasteiger partial charge in [0.2, 0.25) is 0 Å². The maximum Gasteiger partial charge on any atom is 0.341 e. The number of nitrogens with one attached hydrogen (secondary N) is 1. The van der Waals surface area contributed by atoms with Gasteiger partial charge in [0, 0.05) is 12.3 Å². The van der Waals surface area contributed by atoms with Crippen molar-refractivity contribution in [1.82, 2.24) is 0 Å². The molecule has 0 fully saturated rings. The first kappa shape index (κ1) is 23.0. The molecule has 152 valence electrons. The minimum atomic E-state index is -0.924. The van der Waals surface area contributed by atoms with Crippen LogP contribution in [0, 0.1) is 5.92 Å². The van der Waals surface area contributed by atoms with Crippen LogP contribution in [0.2, 0.25) is 0 Å². The van der Waals surface area contributed by atoms with Crippen LogP contribution < -0.4 is 10.1 Å². The van der Waals surface area contributed by atoms with Gasteiger partial charge in [-0.2, -0.15) is 0 Å². The molecule has 0 heterocycles. The van der Waals surface area contributed by atoms with Gasteiger partial charge in [-0.15, -0.1) is 0 Å². The van der Waals surface area contributed by atoms with E-state index in [1.54, 1.807) is 32.0 Å². The van der Waals surface area contributed by atoms with E-state index < -0.39 is 11.6 Å². The lowest BCUT2D eigenvalue weighted by Gasteiger charge is -2.27. The average Bonchev–Trinajstić information content (AvgIpc) is 2.64.